The molecule has 0 fully saturated rings. The smallest absolute Gasteiger partial charge is 0.269 e. The largest absolute Gasteiger partial charge is 0.365 e. The molecule has 0 aliphatic rings. The molecule has 0 aliphatic carbocycles. The molecule has 218 valence electrons. The normalized spacial score (nSPS) is 10.9. The summed E-state index contributed by atoms with van der Waals surface area (Å²) in [5.41, 5.74) is 2.07. The Balaban J connectivity index is 0.000000173. The van der Waals surface area contributed by atoms with Crippen molar-refractivity contribution in [3.05, 3.63) is 104 Å². The summed E-state index contributed by atoms with van der Waals surface area (Å²) in [5.74, 6) is 1.66. The minimum atomic E-state index is -0.402. The Labute approximate surface area is 263 Å². The van der Waals surface area contributed by atoms with Crippen molar-refractivity contribution in [1.29, 1.82) is 0 Å². The van der Waals surface area contributed by atoms with Crippen LogP contribution in [0.2, 0.25) is 5.15 Å². The maximum Gasteiger partial charge on any atom is 0.269 e. The van der Waals surface area contributed by atoms with Crippen molar-refractivity contribution in [2.75, 3.05) is 5.32 Å². The molecule has 7 aromatic rings. The average Bonchev–Trinajstić information content (AvgIpc) is 3.62. The van der Waals surface area contributed by atoms with Gasteiger partial charge in [0.2, 0.25) is 0 Å². The van der Waals surface area contributed by atoms with E-state index in [-0.39, 0.29) is 5.69 Å². The predicted molar refractivity (Wildman–Crippen MR) is 172 cm³/mol. The number of halogens is 1. The summed E-state index contributed by atoms with van der Waals surface area (Å²) in [5, 5.41) is 16.5. The van der Waals surface area contributed by atoms with E-state index in [2.05, 4.69) is 45.2 Å². The van der Waals surface area contributed by atoms with Gasteiger partial charge >= 0.3 is 0 Å². The zero-order valence-corrected chi connectivity index (χ0v) is 25.6. The maximum atomic E-state index is 11.0. The fourth-order valence-corrected chi connectivity index (χ4v) is 6.25. The molecule has 1 N–H and O–H groups in total. The van der Waals surface area contributed by atoms with Crippen molar-refractivity contribution >= 4 is 66.2 Å². The van der Waals surface area contributed by atoms with E-state index in [1.54, 1.807) is 72.0 Å². The Bertz CT molecular complexity index is 2110. The SMILES string of the molecule is Cc1cc2c(Cl)nc(-c3cnccn3)nc2s1.Cc1cc2c(NCc3cccc([N+](=O)[O-])c3)nc(-c3cnccn3)nc2s1. The van der Waals surface area contributed by atoms with Crippen LogP contribution >= 0.6 is 34.3 Å². The molecule has 0 bridgehead atoms. The molecular formula is C29H21ClN10O2S2. The van der Waals surface area contributed by atoms with E-state index in [4.69, 9.17) is 11.6 Å². The number of fused-ring (bicyclic) bond motifs is 2. The highest BCUT2D eigenvalue weighted by atomic mass is 35.5. The lowest BCUT2D eigenvalue weighted by Crippen LogP contribution is -2.04. The van der Waals surface area contributed by atoms with Gasteiger partial charge in [0.05, 0.1) is 22.7 Å². The van der Waals surface area contributed by atoms with Crippen LogP contribution in [0.25, 0.3) is 43.5 Å². The molecule has 12 nitrogen and oxygen atoms in total. The maximum absolute atomic E-state index is 11.0. The topological polar surface area (TPSA) is 158 Å². The van der Waals surface area contributed by atoms with E-state index in [1.165, 1.54) is 6.07 Å². The zero-order chi connectivity index (χ0) is 30.6. The van der Waals surface area contributed by atoms with Crippen LogP contribution in [0.15, 0.2) is 73.6 Å². The second kappa shape index (κ2) is 12.7. The molecule has 0 atom stereocenters. The van der Waals surface area contributed by atoms with Crippen LogP contribution in [-0.4, -0.2) is 44.8 Å². The molecule has 44 heavy (non-hydrogen) atoms. The molecule has 0 saturated carbocycles. The first-order valence-corrected chi connectivity index (χ1v) is 15.1. The number of benzene rings is 1. The van der Waals surface area contributed by atoms with Gasteiger partial charge in [0.25, 0.3) is 5.69 Å². The number of aromatic nitrogens is 8. The number of rotatable bonds is 6. The van der Waals surface area contributed by atoms with Gasteiger partial charge in [0.1, 0.15) is 32.0 Å². The monoisotopic (exact) mass is 640 g/mol. The lowest BCUT2D eigenvalue weighted by atomic mass is 10.2. The summed E-state index contributed by atoms with van der Waals surface area (Å²) >= 11 is 9.30. The van der Waals surface area contributed by atoms with Gasteiger partial charge in [-0.05, 0) is 31.5 Å². The summed E-state index contributed by atoms with van der Waals surface area (Å²) in [7, 11) is 0. The summed E-state index contributed by atoms with van der Waals surface area (Å²) in [6.07, 6.45) is 9.65. The van der Waals surface area contributed by atoms with Gasteiger partial charge < -0.3 is 5.32 Å². The van der Waals surface area contributed by atoms with Crippen LogP contribution in [0.3, 0.4) is 0 Å². The van der Waals surface area contributed by atoms with E-state index in [0.717, 1.165) is 35.8 Å². The summed E-state index contributed by atoms with van der Waals surface area (Å²) in [4.78, 5) is 49.0. The van der Waals surface area contributed by atoms with Crippen molar-refractivity contribution < 1.29 is 4.92 Å². The predicted octanol–water partition coefficient (Wildman–Crippen LogP) is 7.09. The fraction of sp³-hybridized carbons (Fsp3) is 0.103. The average molecular weight is 641 g/mol. The Morgan fingerprint density at radius 2 is 1.43 bits per heavy atom. The molecule has 6 heterocycles. The van der Waals surface area contributed by atoms with Gasteiger partial charge in [0, 0.05) is 58.6 Å². The Morgan fingerprint density at radius 1 is 0.818 bits per heavy atom. The number of nitro groups is 1. The molecule has 0 saturated heterocycles. The molecule has 1 aromatic carbocycles. The minimum Gasteiger partial charge on any atom is -0.365 e. The van der Waals surface area contributed by atoms with Crippen LogP contribution in [-0.2, 0) is 6.54 Å². The molecule has 0 spiro atoms. The second-order valence-corrected chi connectivity index (χ2v) is 12.2. The van der Waals surface area contributed by atoms with Crippen LogP contribution in [0.5, 0.6) is 0 Å². The first-order valence-electron chi connectivity index (χ1n) is 13.1. The molecule has 7 rings (SSSR count). The van der Waals surface area contributed by atoms with Crippen LogP contribution in [0.1, 0.15) is 15.3 Å². The standard InChI is InChI=1S/C18H14N6O2S.C11H7ClN4S/c1-11-7-14-16(21-9-12-3-2-4-13(8-12)24(25)26)22-17(23-18(14)27-11)15-10-19-5-6-20-15;1-6-4-7-9(12)15-10(16-11(7)17-6)8-5-13-2-3-14-8/h2-8,10H,9H2,1H3,(H,21,22,23);2-5H,1H3. The third-order valence-corrected chi connectivity index (χ3v) is 8.33. The van der Waals surface area contributed by atoms with E-state index in [1.807, 2.05) is 32.0 Å². The number of aryl methyl sites for hydroxylation is 2. The van der Waals surface area contributed by atoms with Crippen molar-refractivity contribution in [3.8, 4) is 23.0 Å². The Hall–Kier alpha value is -5.05. The van der Waals surface area contributed by atoms with E-state index < -0.39 is 4.92 Å². The highest BCUT2D eigenvalue weighted by Gasteiger charge is 2.14. The molecule has 0 unspecified atom stereocenters. The number of non-ortho nitro benzene ring substituents is 1. The number of nitrogens with zero attached hydrogens (tertiary/aromatic N) is 9. The highest BCUT2D eigenvalue weighted by molar-refractivity contribution is 7.19. The number of nitrogens with one attached hydrogen (secondary N) is 1. The third kappa shape index (κ3) is 6.46. The van der Waals surface area contributed by atoms with Crippen LogP contribution in [0.4, 0.5) is 11.5 Å². The zero-order valence-electron chi connectivity index (χ0n) is 23.2. The number of anilines is 1. The number of hydrogen-bond donors (Lipinski definition) is 1. The van der Waals surface area contributed by atoms with Gasteiger partial charge in [-0.3, -0.25) is 20.1 Å². The van der Waals surface area contributed by atoms with Crippen LogP contribution in [0, 0.1) is 24.0 Å². The molecule has 0 amide bonds. The lowest BCUT2D eigenvalue weighted by Gasteiger charge is -2.09. The van der Waals surface area contributed by atoms with E-state index >= 15 is 0 Å². The second-order valence-electron chi connectivity index (χ2n) is 9.35. The van der Waals surface area contributed by atoms with Gasteiger partial charge in [-0.15, -0.1) is 22.7 Å². The number of nitro benzene ring substituents is 1. The van der Waals surface area contributed by atoms with Crippen molar-refractivity contribution in [3.63, 3.8) is 0 Å². The molecule has 15 heteroatoms. The molecule has 6 aromatic heterocycles. The Kier molecular flexibility index (Phi) is 8.36. The first kappa shape index (κ1) is 29.0. The van der Waals surface area contributed by atoms with Crippen molar-refractivity contribution in [2.24, 2.45) is 0 Å². The number of hydrogen-bond acceptors (Lipinski definition) is 13. The van der Waals surface area contributed by atoms with Crippen molar-refractivity contribution in [2.45, 2.75) is 20.4 Å². The minimum absolute atomic E-state index is 0.0637. The summed E-state index contributed by atoms with van der Waals surface area (Å²) < 4.78 is 0. The third-order valence-electron chi connectivity index (χ3n) is 6.15. The quantitative estimate of drug-likeness (QED) is 0.112. The lowest BCUT2D eigenvalue weighted by molar-refractivity contribution is -0.384. The van der Waals surface area contributed by atoms with Crippen molar-refractivity contribution in [1.82, 2.24) is 39.9 Å². The van der Waals surface area contributed by atoms with Gasteiger partial charge in [0.15, 0.2) is 11.6 Å². The molecule has 0 radical (unpaired) electrons. The molecular weight excluding hydrogens is 620 g/mol. The van der Waals surface area contributed by atoms with E-state index in [0.29, 0.717) is 40.6 Å². The summed E-state index contributed by atoms with van der Waals surface area (Å²) in [6.45, 7) is 4.44. The van der Waals surface area contributed by atoms with Gasteiger partial charge in [-0.2, -0.15) is 0 Å². The number of thiophene rings is 2. The van der Waals surface area contributed by atoms with Gasteiger partial charge in [-0.1, -0.05) is 23.7 Å². The van der Waals surface area contributed by atoms with E-state index in [9.17, 15) is 10.1 Å². The highest BCUT2D eigenvalue weighted by Crippen LogP contribution is 2.31. The fourth-order valence-electron chi connectivity index (χ4n) is 4.21. The molecule has 0 aliphatic heterocycles. The van der Waals surface area contributed by atoms with Gasteiger partial charge in [-0.25, -0.2) is 29.9 Å². The first-order chi connectivity index (χ1) is 21.3. The Morgan fingerprint density at radius 3 is 2.05 bits per heavy atom. The summed E-state index contributed by atoms with van der Waals surface area (Å²) in [6, 6.07) is 10.5. The van der Waals surface area contributed by atoms with Crippen LogP contribution < -0.4 is 5.32 Å².